The highest BCUT2D eigenvalue weighted by Gasteiger charge is 2.77. The summed E-state index contributed by atoms with van der Waals surface area (Å²) in [5.41, 5.74) is 0. The Kier molecular flexibility index (Phi) is 2.70. The summed E-state index contributed by atoms with van der Waals surface area (Å²) in [4.78, 5) is 0. The van der Waals surface area contributed by atoms with Gasteiger partial charge >= 0.3 is 34.2 Å². The molecule has 9 saturated heterocycles. The average molecular weight is 457 g/mol. The first-order chi connectivity index (χ1) is 13.5. The molecule has 0 aromatic heterocycles. The Labute approximate surface area is 167 Å². The van der Waals surface area contributed by atoms with E-state index < -0.39 is 34.2 Å². The zero-order chi connectivity index (χ0) is 17.9. The van der Waals surface area contributed by atoms with Crippen LogP contribution in [0.2, 0.25) is 48.4 Å². The molecule has 0 aliphatic carbocycles. The third-order valence-corrected chi connectivity index (χ3v) is 28.4. The van der Waals surface area contributed by atoms with E-state index in [2.05, 4.69) is 0 Å². The van der Waals surface area contributed by atoms with Crippen LogP contribution < -0.4 is 0 Å². The maximum Gasteiger partial charge on any atom is 0.326 e. The van der Waals surface area contributed by atoms with E-state index >= 15 is 0 Å². The first-order valence-electron chi connectivity index (χ1n) is 10.9. The van der Waals surface area contributed by atoms with Gasteiger partial charge in [0.1, 0.15) is 0 Å². The molecule has 0 aromatic carbocycles. The predicted octanol–water partition coefficient (Wildman–Crippen LogP) is 0.959. The third-order valence-electron chi connectivity index (χ3n) is 8.34. The van der Waals surface area contributed by atoms with Crippen molar-refractivity contribution in [2.24, 2.45) is 0 Å². The van der Waals surface area contributed by atoms with Crippen LogP contribution in [0.1, 0.15) is 0 Å². The molecule has 8 unspecified atom stereocenters. The van der Waals surface area contributed by atoms with Gasteiger partial charge in [-0.2, -0.15) is 0 Å². The molecule has 0 bridgehead atoms. The fourth-order valence-corrected chi connectivity index (χ4v) is 33.8. The molecule has 0 N–H and O–H groups in total. The van der Waals surface area contributed by atoms with Crippen LogP contribution >= 0.6 is 0 Å². The summed E-state index contributed by atoms with van der Waals surface area (Å²) >= 11 is 0. The Hall–Kier alpha value is 0.548. The van der Waals surface area contributed by atoms with Crippen molar-refractivity contribution in [3.63, 3.8) is 0 Å². The smallest absolute Gasteiger partial charge is 0.326 e. The molecule has 152 valence electrons. The van der Waals surface area contributed by atoms with Gasteiger partial charge in [0.15, 0.2) is 0 Å². The van der Waals surface area contributed by atoms with Crippen LogP contribution in [0.15, 0.2) is 0 Å². The maximum atomic E-state index is 7.24. The van der Waals surface area contributed by atoms with E-state index in [1.165, 1.54) is 0 Å². The molecule has 12 heteroatoms. The average Bonchev–Trinajstić information content (AvgIpc) is 3.59. The topological polar surface area (TPSA) is 87.0 Å². The second kappa shape index (κ2) is 4.66. The molecular weight excluding hydrogens is 433 g/mol. The standard InChI is InChI=1S/C16H24O8Si4/c1-9-10(17-9)2-25(1)21-26(3-11-12(4-26)18-11)23-28(7-15-16(8-28)20-15)24-27(22-25)5-13-14(6-27)19-13/h9-16H,1-8H2. The molecule has 9 fully saturated rings. The van der Waals surface area contributed by atoms with Crippen LogP contribution in [0.4, 0.5) is 0 Å². The quantitative estimate of drug-likeness (QED) is 0.393. The molecular formula is C16H24O8Si4. The van der Waals surface area contributed by atoms with E-state index in [1.54, 1.807) is 0 Å². The summed E-state index contributed by atoms with van der Waals surface area (Å²) in [6, 6.07) is 7.80. The van der Waals surface area contributed by atoms with Crippen molar-refractivity contribution in [1.29, 1.82) is 0 Å². The normalized spacial score (nSPS) is 72.0. The number of rotatable bonds is 0. The number of hydrogen-bond acceptors (Lipinski definition) is 8. The second-order valence-corrected chi connectivity index (χ2v) is 24.4. The number of ether oxygens (including phenoxy) is 4. The fourth-order valence-electron chi connectivity index (χ4n) is 7.04. The Balaban J connectivity index is 1.13. The molecule has 0 amide bonds. The Bertz CT molecular complexity index is 615. The second-order valence-electron chi connectivity index (χ2n) is 10.5. The lowest BCUT2D eigenvalue weighted by Gasteiger charge is -2.51. The third kappa shape index (κ3) is 2.21. The number of hydrogen-bond donors (Lipinski definition) is 0. The predicted molar refractivity (Wildman–Crippen MR) is 100 cm³/mol. The van der Waals surface area contributed by atoms with Crippen molar-refractivity contribution in [1.82, 2.24) is 0 Å². The maximum absolute atomic E-state index is 7.24. The highest BCUT2D eigenvalue weighted by molar-refractivity contribution is 6.96. The van der Waals surface area contributed by atoms with Gasteiger partial charge in [-0.25, -0.2) is 0 Å². The molecule has 8 nitrogen and oxygen atoms in total. The largest absolute Gasteiger partial charge is 0.415 e. The number of fused-ring (bicyclic) bond motifs is 4. The van der Waals surface area contributed by atoms with Crippen molar-refractivity contribution >= 4 is 34.2 Å². The van der Waals surface area contributed by atoms with E-state index in [-0.39, 0.29) is 0 Å². The van der Waals surface area contributed by atoms with Gasteiger partial charge in [-0.15, -0.1) is 0 Å². The zero-order valence-corrected chi connectivity index (χ0v) is 19.5. The summed E-state index contributed by atoms with van der Waals surface area (Å²) in [7, 11) is -9.41. The summed E-state index contributed by atoms with van der Waals surface area (Å²) in [5.74, 6) is 0. The molecule has 0 saturated carbocycles. The van der Waals surface area contributed by atoms with Crippen molar-refractivity contribution in [2.75, 3.05) is 0 Å². The summed E-state index contributed by atoms with van der Waals surface area (Å²) in [6.45, 7) is 0. The Morgan fingerprint density at radius 1 is 0.321 bits per heavy atom. The lowest BCUT2D eigenvalue weighted by molar-refractivity contribution is 0.187. The van der Waals surface area contributed by atoms with Crippen molar-refractivity contribution in [3.8, 4) is 0 Å². The van der Waals surface area contributed by atoms with Crippen molar-refractivity contribution < 1.29 is 35.4 Å². The van der Waals surface area contributed by atoms with Gasteiger partial charge in [0.25, 0.3) is 0 Å². The minimum Gasteiger partial charge on any atom is -0.415 e. The van der Waals surface area contributed by atoms with Gasteiger partial charge in [-0.05, 0) is 0 Å². The summed E-state index contributed by atoms with van der Waals surface area (Å²) in [5, 5.41) is 0. The van der Waals surface area contributed by atoms with Gasteiger partial charge in [0.05, 0.1) is 48.8 Å². The summed E-state index contributed by atoms with van der Waals surface area (Å²) < 4.78 is 52.2. The first-order valence-corrected chi connectivity index (χ1v) is 19.9. The minimum absolute atomic E-state index is 0.362. The van der Waals surface area contributed by atoms with Crippen LogP contribution in [0.5, 0.6) is 0 Å². The van der Waals surface area contributed by atoms with E-state index in [0.29, 0.717) is 48.8 Å². The number of epoxide rings is 4. The van der Waals surface area contributed by atoms with Gasteiger partial charge < -0.3 is 35.4 Å². The first kappa shape index (κ1) is 16.2. The van der Waals surface area contributed by atoms with Crippen molar-refractivity contribution in [3.05, 3.63) is 0 Å². The molecule has 9 heterocycles. The van der Waals surface area contributed by atoms with Crippen LogP contribution in [0.25, 0.3) is 0 Å². The molecule has 9 aliphatic rings. The highest BCUT2D eigenvalue weighted by atomic mass is 28.5. The van der Waals surface area contributed by atoms with E-state index in [0.717, 1.165) is 48.4 Å². The Morgan fingerprint density at radius 3 is 0.679 bits per heavy atom. The Morgan fingerprint density at radius 2 is 0.500 bits per heavy atom. The van der Waals surface area contributed by atoms with Crippen LogP contribution in [0.3, 0.4) is 0 Å². The van der Waals surface area contributed by atoms with E-state index in [1.807, 2.05) is 0 Å². The molecule has 28 heavy (non-hydrogen) atoms. The minimum atomic E-state index is -2.35. The molecule has 0 aromatic rings. The van der Waals surface area contributed by atoms with Gasteiger partial charge in [-0.3, -0.25) is 0 Å². The van der Waals surface area contributed by atoms with Gasteiger partial charge in [0, 0.05) is 48.4 Å². The summed E-state index contributed by atoms with van der Waals surface area (Å²) in [6.07, 6.45) is 2.90. The van der Waals surface area contributed by atoms with Crippen LogP contribution in [-0.4, -0.2) is 83.1 Å². The fraction of sp³-hybridized carbons (Fsp3) is 1.00. The van der Waals surface area contributed by atoms with Crippen molar-refractivity contribution in [2.45, 2.75) is 97.2 Å². The monoisotopic (exact) mass is 456 g/mol. The van der Waals surface area contributed by atoms with Crippen LogP contribution in [-0.2, 0) is 35.4 Å². The SMILES string of the molecule is C1C2OC2C[Si]12O[Si]1(CC3OC3C1)O[Si]1(CC3OC3C1)O[Si]1(CC3OC3C1)O2. The molecule has 8 atom stereocenters. The van der Waals surface area contributed by atoms with E-state index in [4.69, 9.17) is 35.4 Å². The lowest BCUT2D eigenvalue weighted by Crippen LogP contribution is -2.69. The highest BCUT2D eigenvalue weighted by Crippen LogP contribution is 2.60. The zero-order valence-electron chi connectivity index (χ0n) is 15.5. The molecule has 4 spiro atoms. The molecule has 9 rings (SSSR count). The van der Waals surface area contributed by atoms with E-state index in [9.17, 15) is 0 Å². The lowest BCUT2D eigenvalue weighted by atomic mass is 10.4. The van der Waals surface area contributed by atoms with Gasteiger partial charge in [0.2, 0.25) is 0 Å². The molecule has 0 radical (unpaired) electrons. The molecule has 9 aliphatic heterocycles. The van der Waals surface area contributed by atoms with Gasteiger partial charge in [-0.1, -0.05) is 0 Å². The van der Waals surface area contributed by atoms with Crippen LogP contribution in [0, 0.1) is 0 Å².